The van der Waals surface area contributed by atoms with Gasteiger partial charge in [-0.05, 0) is 37.2 Å². The Balaban J connectivity index is 1.80. The zero-order valence-corrected chi connectivity index (χ0v) is 11.5. The standard InChI is InChI=1S/C17H22O2/c1-19-17(18)16-13-7-12-15(16)11-6-5-10-14-8-3-2-4-9-14/h2-4,6,8-9,11,15-16H,5,7,10,12-13H2,1H3/b11-6-/t15-,16?/m1/s1. The van der Waals surface area contributed by atoms with Gasteiger partial charge in [-0.25, -0.2) is 0 Å². The number of rotatable bonds is 5. The number of benzene rings is 1. The van der Waals surface area contributed by atoms with Crippen LogP contribution in [0.25, 0.3) is 0 Å². The van der Waals surface area contributed by atoms with Crippen LogP contribution >= 0.6 is 0 Å². The molecule has 0 aromatic heterocycles. The Labute approximate surface area is 115 Å². The number of carbonyl (C=O) groups is 1. The Morgan fingerprint density at radius 1 is 1.32 bits per heavy atom. The summed E-state index contributed by atoms with van der Waals surface area (Å²) >= 11 is 0. The van der Waals surface area contributed by atoms with E-state index in [9.17, 15) is 4.79 Å². The molecular weight excluding hydrogens is 236 g/mol. The molecule has 2 atom stereocenters. The third-order valence-corrected chi connectivity index (χ3v) is 3.90. The van der Waals surface area contributed by atoms with Crippen LogP contribution in [-0.2, 0) is 16.0 Å². The molecule has 2 heteroatoms. The second kappa shape index (κ2) is 7.13. The largest absolute Gasteiger partial charge is 0.469 e. The average Bonchev–Trinajstić information content (AvgIpc) is 2.92. The lowest BCUT2D eigenvalue weighted by Crippen LogP contribution is -2.18. The smallest absolute Gasteiger partial charge is 0.309 e. The first-order chi connectivity index (χ1) is 9.31. The Bertz CT molecular complexity index is 422. The normalized spacial score (nSPS) is 22.8. The third-order valence-electron chi connectivity index (χ3n) is 3.90. The van der Waals surface area contributed by atoms with Crippen molar-refractivity contribution in [3.63, 3.8) is 0 Å². The van der Waals surface area contributed by atoms with E-state index in [1.807, 2.05) is 6.07 Å². The highest BCUT2D eigenvalue weighted by Gasteiger charge is 2.31. The van der Waals surface area contributed by atoms with Crippen LogP contribution in [0.1, 0.15) is 31.2 Å². The first kappa shape index (κ1) is 13.9. The maximum absolute atomic E-state index is 11.6. The van der Waals surface area contributed by atoms with Gasteiger partial charge >= 0.3 is 5.97 Å². The van der Waals surface area contributed by atoms with Crippen LogP contribution in [0.15, 0.2) is 42.5 Å². The number of carbonyl (C=O) groups excluding carboxylic acids is 1. The highest BCUT2D eigenvalue weighted by Crippen LogP contribution is 2.33. The first-order valence-electron chi connectivity index (χ1n) is 7.09. The van der Waals surface area contributed by atoms with Gasteiger partial charge in [-0.3, -0.25) is 4.79 Å². The molecule has 0 radical (unpaired) electrons. The van der Waals surface area contributed by atoms with Crippen LogP contribution in [0.5, 0.6) is 0 Å². The molecule has 1 aliphatic rings. The molecule has 1 aromatic carbocycles. The van der Waals surface area contributed by atoms with Gasteiger partial charge in [0.2, 0.25) is 0 Å². The molecule has 0 spiro atoms. The SMILES string of the molecule is COC(=O)C1CCC[C@H]1/C=C\CCc1ccccc1. The summed E-state index contributed by atoms with van der Waals surface area (Å²) < 4.78 is 4.87. The molecule has 0 amide bonds. The predicted molar refractivity (Wildman–Crippen MR) is 76.8 cm³/mol. The number of hydrogen-bond acceptors (Lipinski definition) is 2. The van der Waals surface area contributed by atoms with E-state index in [-0.39, 0.29) is 11.9 Å². The molecule has 102 valence electrons. The van der Waals surface area contributed by atoms with E-state index in [1.165, 1.54) is 12.7 Å². The van der Waals surface area contributed by atoms with Crippen LogP contribution in [0.3, 0.4) is 0 Å². The van der Waals surface area contributed by atoms with E-state index in [2.05, 4.69) is 36.4 Å². The van der Waals surface area contributed by atoms with Crippen molar-refractivity contribution in [1.82, 2.24) is 0 Å². The van der Waals surface area contributed by atoms with Gasteiger partial charge < -0.3 is 4.74 Å². The zero-order chi connectivity index (χ0) is 13.5. The lowest BCUT2D eigenvalue weighted by Gasteiger charge is -2.13. The minimum absolute atomic E-state index is 0.0461. The number of aryl methyl sites for hydroxylation is 1. The molecular formula is C17H22O2. The topological polar surface area (TPSA) is 26.3 Å². The molecule has 0 N–H and O–H groups in total. The average molecular weight is 258 g/mol. The van der Waals surface area contributed by atoms with Crippen molar-refractivity contribution < 1.29 is 9.53 Å². The molecule has 2 rings (SSSR count). The summed E-state index contributed by atoms with van der Waals surface area (Å²) in [6.45, 7) is 0. The zero-order valence-electron chi connectivity index (χ0n) is 11.5. The summed E-state index contributed by atoms with van der Waals surface area (Å²) in [4.78, 5) is 11.6. The van der Waals surface area contributed by atoms with Gasteiger partial charge in [0.1, 0.15) is 0 Å². The van der Waals surface area contributed by atoms with Gasteiger partial charge in [0, 0.05) is 0 Å². The monoisotopic (exact) mass is 258 g/mol. The molecule has 0 bridgehead atoms. The quantitative estimate of drug-likeness (QED) is 0.593. The maximum Gasteiger partial charge on any atom is 0.309 e. The minimum atomic E-state index is -0.0461. The number of allylic oxidation sites excluding steroid dienone is 2. The Morgan fingerprint density at radius 3 is 2.84 bits per heavy atom. The lowest BCUT2D eigenvalue weighted by molar-refractivity contribution is -0.146. The molecule has 1 fully saturated rings. The molecule has 1 aromatic rings. The van der Waals surface area contributed by atoms with E-state index in [0.29, 0.717) is 5.92 Å². The van der Waals surface area contributed by atoms with Crippen LogP contribution in [-0.4, -0.2) is 13.1 Å². The maximum atomic E-state index is 11.6. The van der Waals surface area contributed by atoms with Crippen molar-refractivity contribution in [2.75, 3.05) is 7.11 Å². The Morgan fingerprint density at radius 2 is 2.11 bits per heavy atom. The number of esters is 1. The fourth-order valence-electron chi connectivity index (χ4n) is 2.83. The molecule has 0 saturated heterocycles. The van der Waals surface area contributed by atoms with Crippen molar-refractivity contribution in [3.8, 4) is 0 Å². The van der Waals surface area contributed by atoms with Gasteiger partial charge in [0.05, 0.1) is 13.0 Å². The Hall–Kier alpha value is -1.57. The molecule has 1 unspecified atom stereocenters. The van der Waals surface area contributed by atoms with Crippen molar-refractivity contribution >= 4 is 5.97 Å². The Kier molecular flexibility index (Phi) is 5.20. The molecule has 19 heavy (non-hydrogen) atoms. The van der Waals surface area contributed by atoms with Crippen LogP contribution in [0.2, 0.25) is 0 Å². The summed E-state index contributed by atoms with van der Waals surface area (Å²) in [5, 5.41) is 0. The van der Waals surface area contributed by atoms with E-state index >= 15 is 0 Å². The van der Waals surface area contributed by atoms with Crippen LogP contribution < -0.4 is 0 Å². The van der Waals surface area contributed by atoms with E-state index < -0.39 is 0 Å². The number of hydrogen-bond donors (Lipinski definition) is 0. The van der Waals surface area contributed by atoms with Crippen LogP contribution in [0.4, 0.5) is 0 Å². The van der Waals surface area contributed by atoms with Crippen molar-refractivity contribution in [2.24, 2.45) is 11.8 Å². The van der Waals surface area contributed by atoms with Gasteiger partial charge in [0.25, 0.3) is 0 Å². The second-order valence-electron chi connectivity index (χ2n) is 5.18. The van der Waals surface area contributed by atoms with E-state index in [4.69, 9.17) is 4.74 Å². The third kappa shape index (κ3) is 3.95. The van der Waals surface area contributed by atoms with Crippen molar-refractivity contribution in [2.45, 2.75) is 32.1 Å². The lowest BCUT2D eigenvalue weighted by atomic mass is 9.95. The predicted octanol–water partition coefficient (Wildman–Crippen LogP) is 3.76. The molecule has 0 heterocycles. The van der Waals surface area contributed by atoms with Gasteiger partial charge in [-0.15, -0.1) is 0 Å². The van der Waals surface area contributed by atoms with Crippen molar-refractivity contribution in [3.05, 3.63) is 48.0 Å². The highest BCUT2D eigenvalue weighted by molar-refractivity contribution is 5.73. The summed E-state index contributed by atoms with van der Waals surface area (Å²) in [6, 6.07) is 10.5. The van der Waals surface area contributed by atoms with Gasteiger partial charge in [-0.1, -0.05) is 48.9 Å². The minimum Gasteiger partial charge on any atom is -0.469 e. The molecule has 0 aliphatic heterocycles. The first-order valence-corrected chi connectivity index (χ1v) is 7.09. The second-order valence-corrected chi connectivity index (χ2v) is 5.18. The summed E-state index contributed by atoms with van der Waals surface area (Å²) in [5.74, 6) is 0.413. The van der Waals surface area contributed by atoms with Gasteiger partial charge in [0.15, 0.2) is 0 Å². The van der Waals surface area contributed by atoms with Gasteiger partial charge in [-0.2, -0.15) is 0 Å². The fraction of sp³-hybridized carbons (Fsp3) is 0.471. The fourth-order valence-corrected chi connectivity index (χ4v) is 2.83. The number of ether oxygens (including phenoxy) is 1. The van der Waals surface area contributed by atoms with E-state index in [0.717, 1.165) is 32.1 Å². The summed E-state index contributed by atoms with van der Waals surface area (Å²) in [6.07, 6.45) is 9.76. The summed E-state index contributed by atoms with van der Waals surface area (Å²) in [7, 11) is 1.48. The highest BCUT2D eigenvalue weighted by atomic mass is 16.5. The molecule has 1 aliphatic carbocycles. The molecule has 2 nitrogen and oxygen atoms in total. The van der Waals surface area contributed by atoms with Crippen molar-refractivity contribution in [1.29, 1.82) is 0 Å². The molecule has 1 saturated carbocycles. The van der Waals surface area contributed by atoms with E-state index in [1.54, 1.807) is 0 Å². The summed E-state index contributed by atoms with van der Waals surface area (Å²) in [5.41, 5.74) is 1.36. The number of methoxy groups -OCH3 is 1. The van der Waals surface area contributed by atoms with Crippen LogP contribution in [0, 0.1) is 11.8 Å².